The molecule has 0 bridgehead atoms. The molecule has 5 aliphatic rings. The summed E-state index contributed by atoms with van der Waals surface area (Å²) >= 11 is 49.2. The van der Waals surface area contributed by atoms with Crippen LogP contribution in [0.3, 0.4) is 0 Å². The van der Waals surface area contributed by atoms with Crippen LogP contribution in [-0.4, -0.2) is 124 Å². The molecule has 5 aliphatic heterocycles. The van der Waals surface area contributed by atoms with Crippen LogP contribution in [0.25, 0.3) is 28.5 Å². The third kappa shape index (κ3) is 25.6. The van der Waals surface area contributed by atoms with Crippen LogP contribution in [0, 0.1) is 0 Å². The normalized spacial score (nSPS) is 16.5. The predicted octanol–water partition coefficient (Wildman–Crippen LogP) is 17.7. The molecule has 706 valence electrons. The highest BCUT2D eigenvalue weighted by Crippen LogP contribution is 2.48. The van der Waals surface area contributed by atoms with E-state index in [2.05, 4.69) is 51.5 Å². The van der Waals surface area contributed by atoms with Crippen molar-refractivity contribution in [1.82, 2.24) is 26.6 Å². The van der Waals surface area contributed by atoms with E-state index in [0.717, 1.165) is 27.8 Å². The van der Waals surface area contributed by atoms with Crippen molar-refractivity contribution in [3.8, 4) is 23.0 Å². The Labute approximate surface area is 823 Å². The molecule has 0 aromatic heterocycles. The zero-order chi connectivity index (χ0) is 98.0. The highest BCUT2D eigenvalue weighted by molar-refractivity contribution is 6.37. The van der Waals surface area contributed by atoms with E-state index in [-0.39, 0.29) is 108 Å². The van der Waals surface area contributed by atoms with E-state index in [1.165, 1.54) is 26.4 Å². The molecule has 0 radical (unpaired) electrons. The molecule has 5 heterocycles. The van der Waals surface area contributed by atoms with Gasteiger partial charge in [-0.25, -0.2) is 48.9 Å². The number of phenolic OH excluding ortho intramolecular Hbond substituents is 2. The summed E-state index contributed by atoms with van der Waals surface area (Å²) in [6.45, 7) is 9.75. The third-order valence-electron chi connectivity index (χ3n) is 20.1. The number of benzene rings is 10. The van der Waals surface area contributed by atoms with Gasteiger partial charge in [0.05, 0.1) is 112 Å². The van der Waals surface area contributed by atoms with Gasteiger partial charge in [0.1, 0.15) is 53.2 Å². The molecule has 17 N–H and O–H groups in total. The Morgan fingerprint density at radius 2 is 0.610 bits per heavy atom. The number of esters is 5. The van der Waals surface area contributed by atoms with E-state index in [4.69, 9.17) is 159 Å². The van der Waals surface area contributed by atoms with Crippen LogP contribution in [0.5, 0.6) is 23.0 Å². The number of hydrogen-bond donors (Lipinski definition) is 12. The number of hydrogen-bond acceptors (Lipinski definition) is 30. The number of para-hydroxylation sites is 1. The van der Waals surface area contributed by atoms with E-state index in [1.54, 1.807) is 101 Å². The van der Waals surface area contributed by atoms with E-state index < -0.39 is 60.1 Å². The van der Waals surface area contributed by atoms with Gasteiger partial charge in [-0.15, -0.1) is 0 Å². The van der Waals surface area contributed by atoms with Crippen LogP contribution in [0.4, 0.5) is 0 Å². The first kappa shape index (κ1) is 103. The first-order valence-electron chi connectivity index (χ1n) is 41.8. The number of halogens is 8. The molecule has 5 atom stereocenters. The Kier molecular flexibility index (Phi) is 36.8. The minimum absolute atomic E-state index is 0.0306. The van der Waals surface area contributed by atoms with Crippen LogP contribution < -0.4 is 64.7 Å². The summed E-state index contributed by atoms with van der Waals surface area (Å²) in [6, 6.07) is 63.6. The van der Waals surface area contributed by atoms with Gasteiger partial charge in [0, 0.05) is 54.5 Å². The van der Waals surface area contributed by atoms with Crippen LogP contribution in [-0.2, 0) is 52.4 Å². The van der Waals surface area contributed by atoms with Gasteiger partial charge in [-0.2, -0.15) is 0 Å². The average molecular weight is 2000 g/mol. The van der Waals surface area contributed by atoms with Crippen LogP contribution in [0.15, 0.2) is 283 Å². The van der Waals surface area contributed by atoms with Gasteiger partial charge in [-0.3, -0.25) is 0 Å². The molecule has 38 heteroatoms. The second-order valence-electron chi connectivity index (χ2n) is 29.0. The zero-order valence-corrected chi connectivity index (χ0v) is 80.0. The van der Waals surface area contributed by atoms with Crippen molar-refractivity contribution in [1.29, 1.82) is 0 Å². The van der Waals surface area contributed by atoms with Gasteiger partial charge in [-0.05, 0) is 135 Å². The maximum Gasteiger partial charge on any atom is 0.338 e. The number of nitrogens with zero attached hydrogens (tertiary/aromatic N) is 5. The van der Waals surface area contributed by atoms with E-state index >= 15 is 0 Å². The quantitative estimate of drug-likeness (QED) is 0.0152. The number of carbonyl (C=O) groups is 5. The summed E-state index contributed by atoms with van der Waals surface area (Å²) in [6.07, 6.45) is 0. The molecule has 30 nitrogen and oxygen atoms in total. The van der Waals surface area contributed by atoms with Gasteiger partial charge >= 0.3 is 29.8 Å². The van der Waals surface area contributed by atoms with Crippen LogP contribution in [0.1, 0.15) is 120 Å². The lowest BCUT2D eigenvalue weighted by atomic mass is 9.92. The van der Waals surface area contributed by atoms with Gasteiger partial charge < -0.3 is 103 Å². The molecular formula is C98H93Cl8N15O15. The number of aromatic hydroxyl groups is 2. The Bertz CT molecular complexity index is 6390. The Balaban J connectivity index is 0.000000163. The molecule has 10 aromatic carbocycles. The standard InChI is InChI=1S/C21H22ClN3O4.C20H19Cl2N3O3.C19H17Cl2N3O3.C19H17Cl2N3O2.C19H18ClN3O3/c1-3-28-20(26)17-18(13-7-5-4-6-8-13)24-21(23)25-19(17)15-11-14(22)9-10-16(15)29-12-27-2;1-3-28-19(26)15-16(11-7-5-4-6-8-11)24-20(23)25-17(15)13-9-12(21)10-14(22)18(13)27-2;1-2-27-18(26)14-15(10-6-4-3-5-7-10)23-19(22)24-16(14)12-8-11(20)9-13(21)17(12)25;1-2-26-18(25)15-16(11-6-4-3-5-7-11)23-19(22)24-17(15)12-8-13(20)10-14(21)9-12;1-2-26-18(25)14-15(11-7-4-3-5-8-11)22-19(21)23-16(14)12-9-6-10-13(20)17(12)24/h4-11,19H,3,12H2,1-2H3,(H3,23,24,25);4-10,17H,3H2,1-2H3,(H3,23,24,25);3-9,16,25H,2H2,1H3,(H3,22,23,24);3-10,17H,2H2,1H3,(H3,22,23,24);3-10,16,24H,2H2,1H3,(H3,21,22,23). The fourth-order valence-electron chi connectivity index (χ4n) is 14.5. The topological polar surface area (TPSA) is 452 Å². The second-order valence-corrected chi connectivity index (χ2v) is 32.4. The summed E-state index contributed by atoms with van der Waals surface area (Å²) < 4.78 is 42.5. The number of methoxy groups -OCH3 is 2. The number of aliphatic imine (C=N–C) groups is 5. The number of rotatable bonds is 24. The van der Waals surface area contributed by atoms with Crippen molar-refractivity contribution >= 4 is 181 Å². The molecule has 0 saturated carbocycles. The number of phenols is 2. The van der Waals surface area contributed by atoms with Gasteiger partial charge in [0.15, 0.2) is 36.6 Å². The van der Waals surface area contributed by atoms with Crippen molar-refractivity contribution in [3.05, 3.63) is 354 Å². The molecule has 15 rings (SSSR count). The SMILES string of the molecule is CCOC(=O)C1=C(c2ccccc2)NC(N)=NC1c1cc(Cl)cc(Cl)c1.CCOC(=O)C1=C(c2ccccc2)NC(N)=NC1c1cc(Cl)cc(Cl)c1O.CCOC(=O)C1=C(c2ccccc2)NC(N)=NC1c1cc(Cl)cc(Cl)c1OC.CCOC(=O)C1=C(c2ccccc2)NC(N)=NC1c1cc(Cl)ccc1OCOC.CCOC(=O)C1=C(c2ccccc2)NC(N)=NC1c1cccc(Cl)c1O. The van der Waals surface area contributed by atoms with Gasteiger partial charge in [0.2, 0.25) is 0 Å². The first-order chi connectivity index (χ1) is 65.4. The van der Waals surface area contributed by atoms with Crippen molar-refractivity contribution in [2.45, 2.75) is 64.8 Å². The Morgan fingerprint density at radius 3 is 0.956 bits per heavy atom. The molecular weight excluding hydrogens is 1910 g/mol. The highest BCUT2D eigenvalue weighted by atomic mass is 35.5. The lowest BCUT2D eigenvalue weighted by Crippen LogP contribution is -2.37. The maximum atomic E-state index is 13.0. The fourth-order valence-corrected chi connectivity index (χ4v) is 16.5. The number of nitrogens with two attached hydrogens (primary N) is 5. The summed E-state index contributed by atoms with van der Waals surface area (Å²) in [5.74, 6) is -1.43. The molecule has 136 heavy (non-hydrogen) atoms. The third-order valence-corrected chi connectivity index (χ3v) is 22.1. The summed E-state index contributed by atoms with van der Waals surface area (Å²) in [7, 11) is 3.01. The first-order valence-corrected chi connectivity index (χ1v) is 44.9. The van der Waals surface area contributed by atoms with Gasteiger partial charge in [0.25, 0.3) is 0 Å². The highest BCUT2D eigenvalue weighted by Gasteiger charge is 2.40. The number of nitrogens with one attached hydrogen (secondary N) is 5. The number of carbonyl (C=O) groups excluding carboxylic acids is 5. The smallest absolute Gasteiger partial charge is 0.338 e. The van der Waals surface area contributed by atoms with E-state index in [0.29, 0.717) is 109 Å². The molecule has 0 fully saturated rings. The molecule has 0 saturated heterocycles. The molecule has 0 amide bonds. The van der Waals surface area contributed by atoms with E-state index in [9.17, 15) is 34.2 Å². The minimum atomic E-state index is -0.934. The molecule has 5 unspecified atom stereocenters. The fraction of sp³-hybridized carbons (Fsp3) is 0.184. The largest absolute Gasteiger partial charge is 0.506 e. The van der Waals surface area contributed by atoms with Crippen molar-refractivity contribution in [2.75, 3.05) is 54.0 Å². The van der Waals surface area contributed by atoms with E-state index in [1.807, 2.05) is 152 Å². The monoisotopic (exact) mass is 2000 g/mol. The van der Waals surface area contributed by atoms with Crippen molar-refractivity contribution in [3.63, 3.8) is 0 Å². The summed E-state index contributed by atoms with van der Waals surface area (Å²) in [5, 5.41) is 38.3. The second kappa shape index (κ2) is 48.8. The minimum Gasteiger partial charge on any atom is -0.506 e. The van der Waals surface area contributed by atoms with Gasteiger partial charge in [-0.1, -0.05) is 257 Å². The van der Waals surface area contributed by atoms with Crippen LogP contribution >= 0.6 is 92.8 Å². The summed E-state index contributed by atoms with van der Waals surface area (Å²) in [4.78, 5) is 86.0. The number of guanidine groups is 5. The number of ether oxygens (including phenoxy) is 8. The Morgan fingerprint density at radius 1 is 0.316 bits per heavy atom. The van der Waals surface area contributed by atoms with Crippen molar-refractivity contribution in [2.24, 2.45) is 53.6 Å². The predicted molar refractivity (Wildman–Crippen MR) is 532 cm³/mol. The van der Waals surface area contributed by atoms with Crippen molar-refractivity contribution < 1.29 is 72.1 Å². The molecule has 0 spiro atoms. The zero-order valence-electron chi connectivity index (χ0n) is 73.9. The Hall–Kier alpha value is -13.9. The lowest BCUT2D eigenvalue weighted by molar-refractivity contribution is -0.139. The molecule has 0 aliphatic carbocycles. The van der Waals surface area contributed by atoms with Crippen LogP contribution in [0.2, 0.25) is 40.2 Å². The maximum absolute atomic E-state index is 13.0. The average Bonchev–Trinajstić information content (AvgIpc) is 0.823. The summed E-state index contributed by atoms with van der Waals surface area (Å²) in [5.41, 5.74) is 40.1. The molecule has 10 aromatic rings. The lowest BCUT2D eigenvalue weighted by Gasteiger charge is -2.27.